The maximum atomic E-state index is 5.90. The molecule has 106 valence electrons. The molecule has 1 aromatic carbocycles. The molecule has 7 heteroatoms. The van der Waals surface area contributed by atoms with E-state index in [0.29, 0.717) is 11.7 Å². The molecule has 3 rings (SSSR count). The SMILES string of the molecule is CN1CC(Oc2ccc(-c3noc(CN)n3)cc2Br)C1. The van der Waals surface area contributed by atoms with Gasteiger partial charge in [-0.15, -0.1) is 0 Å². The maximum Gasteiger partial charge on any atom is 0.240 e. The van der Waals surface area contributed by atoms with Crippen LogP contribution < -0.4 is 10.5 Å². The van der Waals surface area contributed by atoms with Gasteiger partial charge in [0.2, 0.25) is 11.7 Å². The minimum absolute atomic E-state index is 0.241. The van der Waals surface area contributed by atoms with Crippen molar-refractivity contribution in [3.63, 3.8) is 0 Å². The second-order valence-electron chi connectivity index (χ2n) is 4.82. The van der Waals surface area contributed by atoms with E-state index in [9.17, 15) is 0 Å². The summed E-state index contributed by atoms with van der Waals surface area (Å²) < 4.78 is 11.8. The van der Waals surface area contributed by atoms with Gasteiger partial charge in [-0.2, -0.15) is 4.98 Å². The van der Waals surface area contributed by atoms with Gasteiger partial charge in [0.05, 0.1) is 11.0 Å². The van der Waals surface area contributed by atoms with Crippen molar-refractivity contribution in [2.24, 2.45) is 5.73 Å². The lowest BCUT2D eigenvalue weighted by Gasteiger charge is -2.36. The number of rotatable bonds is 4. The van der Waals surface area contributed by atoms with Crippen molar-refractivity contribution in [2.45, 2.75) is 12.6 Å². The largest absolute Gasteiger partial charge is 0.487 e. The molecule has 0 atom stereocenters. The monoisotopic (exact) mass is 338 g/mol. The Kier molecular flexibility index (Phi) is 3.73. The summed E-state index contributed by atoms with van der Waals surface area (Å²) >= 11 is 3.52. The van der Waals surface area contributed by atoms with Gasteiger partial charge in [0, 0.05) is 18.7 Å². The van der Waals surface area contributed by atoms with E-state index in [4.69, 9.17) is 15.0 Å². The highest BCUT2D eigenvalue weighted by atomic mass is 79.9. The minimum atomic E-state index is 0.241. The molecule has 0 unspecified atom stereocenters. The van der Waals surface area contributed by atoms with E-state index in [0.717, 1.165) is 28.9 Å². The lowest BCUT2D eigenvalue weighted by atomic mass is 10.2. The molecule has 1 aromatic heterocycles. The Bertz CT molecular complexity index is 610. The Morgan fingerprint density at radius 2 is 2.30 bits per heavy atom. The standard InChI is InChI=1S/C13H15BrN4O2/c1-18-6-9(7-18)19-11-3-2-8(4-10(11)14)13-16-12(5-15)20-17-13/h2-4,9H,5-7,15H2,1H3. The van der Waals surface area contributed by atoms with E-state index >= 15 is 0 Å². The molecular weight excluding hydrogens is 324 g/mol. The first kappa shape index (κ1) is 13.5. The lowest BCUT2D eigenvalue weighted by molar-refractivity contribution is 0.0383. The highest BCUT2D eigenvalue weighted by molar-refractivity contribution is 9.10. The number of halogens is 1. The average molecular weight is 339 g/mol. The summed E-state index contributed by atoms with van der Waals surface area (Å²) in [6, 6.07) is 5.74. The van der Waals surface area contributed by atoms with E-state index in [2.05, 4.69) is 38.0 Å². The van der Waals surface area contributed by atoms with Crippen molar-refractivity contribution < 1.29 is 9.26 Å². The highest BCUT2D eigenvalue weighted by Gasteiger charge is 2.25. The van der Waals surface area contributed by atoms with Crippen LogP contribution in [-0.2, 0) is 6.54 Å². The van der Waals surface area contributed by atoms with Crippen LogP contribution in [0.1, 0.15) is 5.89 Å². The quantitative estimate of drug-likeness (QED) is 0.913. The normalized spacial score (nSPS) is 16.1. The first-order valence-electron chi connectivity index (χ1n) is 6.33. The van der Waals surface area contributed by atoms with Crippen LogP contribution in [0.4, 0.5) is 0 Å². The van der Waals surface area contributed by atoms with Crippen molar-refractivity contribution in [3.05, 3.63) is 28.6 Å². The molecule has 2 aromatic rings. The maximum absolute atomic E-state index is 5.90. The first-order chi connectivity index (χ1) is 9.65. The van der Waals surface area contributed by atoms with Crippen LogP contribution in [0.2, 0.25) is 0 Å². The van der Waals surface area contributed by atoms with Gasteiger partial charge >= 0.3 is 0 Å². The molecular formula is C13H15BrN4O2. The molecule has 2 N–H and O–H groups in total. The highest BCUT2D eigenvalue weighted by Crippen LogP contribution is 2.31. The number of nitrogens with two attached hydrogens (primary N) is 1. The van der Waals surface area contributed by atoms with Crippen molar-refractivity contribution >= 4 is 15.9 Å². The number of aromatic nitrogens is 2. The molecule has 20 heavy (non-hydrogen) atoms. The summed E-state index contributed by atoms with van der Waals surface area (Å²) in [7, 11) is 2.07. The second-order valence-corrected chi connectivity index (χ2v) is 5.68. The average Bonchev–Trinajstić information content (AvgIpc) is 2.88. The molecule has 1 aliphatic heterocycles. The number of hydrogen-bond acceptors (Lipinski definition) is 6. The Morgan fingerprint density at radius 1 is 1.50 bits per heavy atom. The zero-order valence-electron chi connectivity index (χ0n) is 11.0. The summed E-state index contributed by atoms with van der Waals surface area (Å²) in [5.41, 5.74) is 6.31. The zero-order chi connectivity index (χ0) is 14.1. The van der Waals surface area contributed by atoms with Crippen LogP contribution in [0.3, 0.4) is 0 Å². The van der Waals surface area contributed by atoms with E-state index in [1.54, 1.807) is 0 Å². The van der Waals surface area contributed by atoms with Crippen molar-refractivity contribution in [2.75, 3.05) is 20.1 Å². The lowest BCUT2D eigenvalue weighted by Crippen LogP contribution is -2.51. The van der Waals surface area contributed by atoms with Gasteiger partial charge < -0.3 is 15.0 Å². The van der Waals surface area contributed by atoms with E-state index < -0.39 is 0 Å². The summed E-state index contributed by atoms with van der Waals surface area (Å²) in [5, 5.41) is 3.89. The van der Waals surface area contributed by atoms with Crippen molar-refractivity contribution in [1.29, 1.82) is 0 Å². The minimum Gasteiger partial charge on any atom is -0.487 e. The summed E-state index contributed by atoms with van der Waals surface area (Å²) in [6.07, 6.45) is 0.260. The Hall–Kier alpha value is -1.44. The Morgan fingerprint density at radius 3 is 2.90 bits per heavy atom. The van der Waals surface area contributed by atoms with Crippen LogP contribution in [0.15, 0.2) is 27.2 Å². The van der Waals surface area contributed by atoms with Crippen LogP contribution in [0.5, 0.6) is 5.75 Å². The fraction of sp³-hybridized carbons (Fsp3) is 0.385. The Labute approximate surface area is 125 Å². The van der Waals surface area contributed by atoms with Gasteiger partial charge in [0.15, 0.2) is 0 Å². The number of likely N-dealkylation sites (tertiary alicyclic amines) is 1. The molecule has 6 nitrogen and oxygen atoms in total. The number of nitrogens with zero attached hydrogens (tertiary/aromatic N) is 3. The van der Waals surface area contributed by atoms with E-state index in [-0.39, 0.29) is 12.6 Å². The predicted molar refractivity (Wildman–Crippen MR) is 77.2 cm³/mol. The third kappa shape index (κ3) is 2.70. The third-order valence-corrected chi connectivity index (χ3v) is 3.78. The summed E-state index contributed by atoms with van der Waals surface area (Å²) in [6.45, 7) is 2.16. The van der Waals surface area contributed by atoms with Crippen LogP contribution in [-0.4, -0.2) is 41.3 Å². The predicted octanol–water partition coefficient (Wildman–Crippen LogP) is 1.65. The zero-order valence-corrected chi connectivity index (χ0v) is 12.6. The third-order valence-electron chi connectivity index (χ3n) is 3.16. The van der Waals surface area contributed by atoms with Crippen LogP contribution in [0, 0.1) is 0 Å². The summed E-state index contributed by atoms with van der Waals surface area (Å²) in [4.78, 5) is 6.41. The van der Waals surface area contributed by atoms with Gasteiger partial charge in [-0.25, -0.2) is 0 Å². The van der Waals surface area contributed by atoms with Crippen molar-refractivity contribution in [1.82, 2.24) is 15.0 Å². The molecule has 0 radical (unpaired) electrons. The fourth-order valence-electron chi connectivity index (χ4n) is 2.09. The van der Waals surface area contributed by atoms with Gasteiger partial charge in [-0.05, 0) is 41.2 Å². The molecule has 0 aliphatic carbocycles. The number of benzene rings is 1. The number of ether oxygens (including phenoxy) is 1. The molecule has 0 saturated carbocycles. The van der Waals surface area contributed by atoms with E-state index in [1.165, 1.54) is 0 Å². The smallest absolute Gasteiger partial charge is 0.240 e. The van der Waals surface area contributed by atoms with Gasteiger partial charge in [0.25, 0.3) is 0 Å². The summed E-state index contributed by atoms with van der Waals surface area (Å²) in [5.74, 6) is 1.78. The van der Waals surface area contributed by atoms with Gasteiger partial charge in [-0.1, -0.05) is 5.16 Å². The van der Waals surface area contributed by atoms with Gasteiger partial charge in [-0.3, -0.25) is 4.90 Å². The molecule has 1 saturated heterocycles. The molecule has 0 spiro atoms. The molecule has 1 fully saturated rings. The number of likely N-dealkylation sites (N-methyl/N-ethyl adjacent to an activating group) is 1. The second kappa shape index (κ2) is 5.51. The van der Waals surface area contributed by atoms with Crippen LogP contribution in [0.25, 0.3) is 11.4 Å². The molecule has 2 heterocycles. The van der Waals surface area contributed by atoms with Crippen molar-refractivity contribution in [3.8, 4) is 17.1 Å². The molecule has 1 aliphatic rings. The first-order valence-corrected chi connectivity index (χ1v) is 7.13. The van der Waals surface area contributed by atoms with E-state index in [1.807, 2.05) is 18.2 Å². The Balaban J connectivity index is 1.76. The number of hydrogen-bond donors (Lipinski definition) is 1. The fourth-order valence-corrected chi connectivity index (χ4v) is 2.56. The molecule has 0 amide bonds. The molecule has 0 bridgehead atoms. The topological polar surface area (TPSA) is 77.4 Å². The van der Waals surface area contributed by atoms with Gasteiger partial charge in [0.1, 0.15) is 11.9 Å². The van der Waals surface area contributed by atoms with Crippen LogP contribution >= 0.6 is 15.9 Å².